The Morgan fingerprint density at radius 2 is 2.00 bits per heavy atom. The molecule has 2 unspecified atom stereocenters. The van der Waals surface area contributed by atoms with Gasteiger partial charge in [0.2, 0.25) is 0 Å². The normalized spacial score (nSPS) is 22.3. The van der Waals surface area contributed by atoms with Crippen molar-refractivity contribution in [3.05, 3.63) is 42.5 Å². The molecule has 1 aliphatic heterocycles. The Bertz CT molecular complexity index is 651. The third kappa shape index (κ3) is 2.85. The van der Waals surface area contributed by atoms with Crippen LogP contribution in [0.25, 0.3) is 10.8 Å². The van der Waals surface area contributed by atoms with E-state index in [0.717, 1.165) is 22.9 Å². The Kier molecular flexibility index (Phi) is 3.80. The van der Waals surface area contributed by atoms with Crippen molar-refractivity contribution in [2.24, 2.45) is 5.92 Å². The summed E-state index contributed by atoms with van der Waals surface area (Å²) >= 11 is 0. The largest absolute Gasteiger partial charge is 0.391 e. The quantitative estimate of drug-likeness (QED) is 0.845. The van der Waals surface area contributed by atoms with Gasteiger partial charge in [0.15, 0.2) is 0 Å². The Morgan fingerprint density at radius 1 is 1.24 bits per heavy atom. The van der Waals surface area contributed by atoms with Crippen LogP contribution in [0.4, 0.5) is 10.5 Å². The molecule has 0 aliphatic carbocycles. The van der Waals surface area contributed by atoms with Crippen LogP contribution in [0.3, 0.4) is 0 Å². The van der Waals surface area contributed by atoms with E-state index in [1.807, 2.05) is 49.4 Å². The van der Waals surface area contributed by atoms with E-state index in [1.54, 1.807) is 4.90 Å². The number of anilines is 1. The van der Waals surface area contributed by atoms with Crippen molar-refractivity contribution in [1.29, 1.82) is 0 Å². The number of urea groups is 1. The lowest BCUT2D eigenvalue weighted by Crippen LogP contribution is -2.47. The standard InChI is InChI=1S/C17H20N2O2/c1-12-9-10-19(11-16(12)20)17(21)18-15-8-4-6-13-5-2-3-7-14(13)15/h2-8,12,16,20H,9-11H2,1H3,(H,18,21). The van der Waals surface area contributed by atoms with Gasteiger partial charge in [0, 0.05) is 18.5 Å². The predicted molar refractivity (Wildman–Crippen MR) is 84.3 cm³/mol. The van der Waals surface area contributed by atoms with Gasteiger partial charge in [-0.15, -0.1) is 0 Å². The monoisotopic (exact) mass is 284 g/mol. The van der Waals surface area contributed by atoms with Gasteiger partial charge in [0.25, 0.3) is 0 Å². The second-order valence-electron chi connectivity index (χ2n) is 5.74. The average Bonchev–Trinajstić information content (AvgIpc) is 2.50. The van der Waals surface area contributed by atoms with E-state index < -0.39 is 6.10 Å². The molecule has 3 rings (SSSR count). The lowest BCUT2D eigenvalue weighted by Gasteiger charge is -2.34. The van der Waals surface area contributed by atoms with E-state index in [1.165, 1.54) is 0 Å². The van der Waals surface area contributed by atoms with Gasteiger partial charge in [0.1, 0.15) is 0 Å². The van der Waals surface area contributed by atoms with Crippen LogP contribution in [0.1, 0.15) is 13.3 Å². The van der Waals surface area contributed by atoms with Crippen LogP contribution in [-0.4, -0.2) is 35.2 Å². The van der Waals surface area contributed by atoms with E-state index in [2.05, 4.69) is 5.32 Å². The summed E-state index contributed by atoms with van der Waals surface area (Å²) in [6.45, 7) is 3.11. The molecule has 0 aromatic heterocycles. The number of β-amino-alcohol motifs (C(OH)–C–C–N with tert-alkyl or cyclic N) is 1. The zero-order valence-corrected chi connectivity index (χ0v) is 12.1. The summed E-state index contributed by atoms with van der Waals surface area (Å²) in [5.41, 5.74) is 0.811. The minimum atomic E-state index is -0.433. The van der Waals surface area contributed by atoms with Gasteiger partial charge in [-0.2, -0.15) is 0 Å². The van der Waals surface area contributed by atoms with Gasteiger partial charge >= 0.3 is 6.03 Å². The van der Waals surface area contributed by atoms with Crippen molar-refractivity contribution in [2.75, 3.05) is 18.4 Å². The number of hydrogen-bond acceptors (Lipinski definition) is 2. The average molecular weight is 284 g/mol. The molecule has 2 aromatic rings. The maximum Gasteiger partial charge on any atom is 0.321 e. The number of carbonyl (C=O) groups is 1. The maximum absolute atomic E-state index is 12.4. The first-order valence-corrected chi connectivity index (χ1v) is 7.37. The summed E-state index contributed by atoms with van der Waals surface area (Å²) in [6, 6.07) is 13.7. The first-order valence-electron chi connectivity index (χ1n) is 7.37. The molecule has 0 saturated carbocycles. The first kappa shape index (κ1) is 13.9. The number of fused-ring (bicyclic) bond motifs is 1. The highest BCUT2D eigenvalue weighted by atomic mass is 16.3. The molecular formula is C17H20N2O2. The number of hydrogen-bond donors (Lipinski definition) is 2. The third-order valence-corrected chi connectivity index (χ3v) is 4.24. The number of aliphatic hydroxyl groups excluding tert-OH is 1. The van der Waals surface area contributed by atoms with Crippen LogP contribution in [0.15, 0.2) is 42.5 Å². The Hall–Kier alpha value is -2.07. The van der Waals surface area contributed by atoms with Gasteiger partial charge in [-0.25, -0.2) is 4.79 Å². The number of amides is 2. The molecular weight excluding hydrogens is 264 g/mol. The van der Waals surface area contributed by atoms with Crippen LogP contribution in [0.5, 0.6) is 0 Å². The fraction of sp³-hybridized carbons (Fsp3) is 0.353. The summed E-state index contributed by atoms with van der Waals surface area (Å²) in [7, 11) is 0. The number of nitrogens with zero attached hydrogens (tertiary/aromatic N) is 1. The van der Waals surface area contributed by atoms with Crippen molar-refractivity contribution in [1.82, 2.24) is 4.90 Å². The topological polar surface area (TPSA) is 52.6 Å². The molecule has 110 valence electrons. The van der Waals surface area contributed by atoms with Gasteiger partial charge in [-0.1, -0.05) is 43.3 Å². The van der Waals surface area contributed by atoms with Crippen LogP contribution >= 0.6 is 0 Å². The van der Waals surface area contributed by atoms with E-state index >= 15 is 0 Å². The number of carbonyl (C=O) groups excluding carboxylic acids is 1. The Morgan fingerprint density at radius 3 is 2.81 bits per heavy atom. The molecule has 1 aliphatic rings. The van der Waals surface area contributed by atoms with Gasteiger partial charge < -0.3 is 15.3 Å². The summed E-state index contributed by atoms with van der Waals surface area (Å²) < 4.78 is 0. The minimum Gasteiger partial charge on any atom is -0.391 e. The summed E-state index contributed by atoms with van der Waals surface area (Å²) in [4.78, 5) is 14.1. The van der Waals surface area contributed by atoms with Crippen LogP contribution in [0, 0.1) is 5.92 Å². The first-order chi connectivity index (χ1) is 10.1. The molecule has 4 heteroatoms. The van der Waals surface area contributed by atoms with Crippen molar-refractivity contribution in [3.8, 4) is 0 Å². The Balaban J connectivity index is 1.78. The molecule has 2 amide bonds. The molecule has 2 atom stereocenters. The molecule has 0 bridgehead atoms. The Labute approximate surface area is 124 Å². The van der Waals surface area contributed by atoms with Gasteiger partial charge in [-0.3, -0.25) is 0 Å². The number of aliphatic hydroxyl groups is 1. The highest BCUT2D eigenvalue weighted by Crippen LogP contribution is 2.24. The van der Waals surface area contributed by atoms with Crippen LogP contribution in [-0.2, 0) is 0 Å². The van der Waals surface area contributed by atoms with Gasteiger partial charge in [0.05, 0.1) is 11.8 Å². The van der Waals surface area contributed by atoms with Crippen LogP contribution < -0.4 is 5.32 Å². The molecule has 1 heterocycles. The number of nitrogens with one attached hydrogen (secondary N) is 1. The third-order valence-electron chi connectivity index (χ3n) is 4.24. The lowest BCUT2D eigenvalue weighted by molar-refractivity contribution is 0.0464. The van der Waals surface area contributed by atoms with E-state index in [4.69, 9.17) is 0 Å². The summed E-state index contributed by atoms with van der Waals surface area (Å²) in [6.07, 6.45) is 0.404. The summed E-state index contributed by atoms with van der Waals surface area (Å²) in [5, 5.41) is 15.0. The zero-order chi connectivity index (χ0) is 14.8. The molecule has 4 nitrogen and oxygen atoms in total. The summed E-state index contributed by atoms with van der Waals surface area (Å²) in [5.74, 6) is 0.256. The smallest absolute Gasteiger partial charge is 0.321 e. The van der Waals surface area contributed by atoms with Crippen molar-refractivity contribution >= 4 is 22.5 Å². The lowest BCUT2D eigenvalue weighted by atomic mass is 9.96. The highest BCUT2D eigenvalue weighted by Gasteiger charge is 2.27. The number of likely N-dealkylation sites (tertiary alicyclic amines) is 1. The second-order valence-corrected chi connectivity index (χ2v) is 5.74. The van der Waals surface area contributed by atoms with Crippen molar-refractivity contribution in [2.45, 2.75) is 19.4 Å². The van der Waals surface area contributed by atoms with E-state index in [9.17, 15) is 9.90 Å². The molecule has 2 aromatic carbocycles. The van der Waals surface area contributed by atoms with Crippen molar-refractivity contribution < 1.29 is 9.90 Å². The number of piperidine rings is 1. The fourth-order valence-electron chi connectivity index (χ4n) is 2.76. The second kappa shape index (κ2) is 5.74. The predicted octanol–water partition coefficient (Wildman–Crippen LogP) is 3.07. The fourth-order valence-corrected chi connectivity index (χ4v) is 2.76. The molecule has 1 fully saturated rings. The van der Waals surface area contributed by atoms with Crippen molar-refractivity contribution in [3.63, 3.8) is 0 Å². The van der Waals surface area contributed by atoms with E-state index in [0.29, 0.717) is 13.1 Å². The molecule has 2 N–H and O–H groups in total. The molecule has 21 heavy (non-hydrogen) atoms. The SMILES string of the molecule is CC1CCN(C(=O)Nc2cccc3ccccc23)CC1O. The minimum absolute atomic E-state index is 0.141. The number of rotatable bonds is 1. The highest BCUT2D eigenvalue weighted by molar-refractivity contribution is 6.01. The van der Waals surface area contributed by atoms with Crippen LogP contribution in [0.2, 0.25) is 0 Å². The maximum atomic E-state index is 12.4. The molecule has 1 saturated heterocycles. The van der Waals surface area contributed by atoms with E-state index in [-0.39, 0.29) is 11.9 Å². The molecule has 0 radical (unpaired) electrons. The zero-order valence-electron chi connectivity index (χ0n) is 12.1. The molecule has 0 spiro atoms. The van der Waals surface area contributed by atoms with Gasteiger partial charge in [-0.05, 0) is 23.8 Å². The number of benzene rings is 2.